The zero-order chi connectivity index (χ0) is 23.8. The van der Waals surface area contributed by atoms with E-state index in [0.29, 0.717) is 74.4 Å². The molecule has 0 bridgehead atoms. The summed E-state index contributed by atoms with van der Waals surface area (Å²) in [5.74, 6) is 0.992. The lowest BCUT2D eigenvalue weighted by Crippen LogP contribution is -2.50. The highest BCUT2D eigenvalue weighted by Crippen LogP contribution is 2.28. The van der Waals surface area contributed by atoms with E-state index in [1.165, 1.54) is 4.31 Å². The number of ether oxygens (including phenoxy) is 2. The third-order valence-corrected chi connectivity index (χ3v) is 7.42. The zero-order valence-corrected chi connectivity index (χ0v) is 21.6. The van der Waals surface area contributed by atoms with E-state index in [1.807, 2.05) is 32.9 Å². The van der Waals surface area contributed by atoms with Crippen LogP contribution in [-0.2, 0) is 10.0 Å². The number of aryl methyl sites for hydroxylation is 1. The Morgan fingerprint density at radius 3 is 2.18 bits per heavy atom. The van der Waals surface area contributed by atoms with Crippen molar-refractivity contribution in [2.75, 3.05) is 52.5 Å². The molecule has 0 aromatic heterocycles. The normalized spacial score (nSPS) is 14.8. The summed E-state index contributed by atoms with van der Waals surface area (Å²) in [7, 11) is -3.47. The molecule has 0 atom stereocenters. The lowest BCUT2D eigenvalue weighted by molar-refractivity contribution is 0.0944. The van der Waals surface area contributed by atoms with Crippen LogP contribution in [0.25, 0.3) is 0 Å². The lowest BCUT2D eigenvalue weighted by Gasteiger charge is -2.34. The SMILES string of the molecule is CCOc1ccc(C(=O)NCCN2CCN(S(=O)(=O)c3ccc(C)cc3)CC2)cc1OCC.Cl. The molecule has 34 heavy (non-hydrogen) atoms. The topological polar surface area (TPSA) is 88.2 Å². The molecule has 0 spiro atoms. The summed E-state index contributed by atoms with van der Waals surface area (Å²) < 4.78 is 38.3. The first kappa shape index (κ1) is 27.9. The number of halogens is 1. The van der Waals surface area contributed by atoms with Gasteiger partial charge in [0.15, 0.2) is 11.5 Å². The molecule has 1 fully saturated rings. The largest absolute Gasteiger partial charge is 0.490 e. The first-order valence-electron chi connectivity index (χ1n) is 11.3. The number of hydrogen-bond acceptors (Lipinski definition) is 6. The highest BCUT2D eigenvalue weighted by atomic mass is 35.5. The molecule has 8 nitrogen and oxygen atoms in total. The fourth-order valence-corrected chi connectivity index (χ4v) is 5.10. The van der Waals surface area contributed by atoms with E-state index in [0.717, 1.165) is 5.56 Å². The van der Waals surface area contributed by atoms with E-state index in [9.17, 15) is 13.2 Å². The van der Waals surface area contributed by atoms with Gasteiger partial charge in [0.2, 0.25) is 10.0 Å². The Morgan fingerprint density at radius 1 is 0.941 bits per heavy atom. The molecule has 1 aliphatic rings. The average Bonchev–Trinajstić information content (AvgIpc) is 2.81. The summed E-state index contributed by atoms with van der Waals surface area (Å²) in [5.41, 5.74) is 1.54. The third kappa shape index (κ3) is 7.09. The maximum atomic E-state index is 12.8. The van der Waals surface area contributed by atoms with Gasteiger partial charge in [0.05, 0.1) is 18.1 Å². The molecule has 188 valence electrons. The van der Waals surface area contributed by atoms with Crippen molar-refractivity contribution in [3.63, 3.8) is 0 Å². The van der Waals surface area contributed by atoms with Crippen molar-refractivity contribution in [3.8, 4) is 11.5 Å². The van der Waals surface area contributed by atoms with Crippen molar-refractivity contribution in [1.29, 1.82) is 0 Å². The van der Waals surface area contributed by atoms with Gasteiger partial charge in [-0.3, -0.25) is 9.69 Å². The summed E-state index contributed by atoms with van der Waals surface area (Å²) in [6.45, 7) is 9.95. The van der Waals surface area contributed by atoms with Crippen LogP contribution >= 0.6 is 12.4 Å². The van der Waals surface area contributed by atoms with Crippen LogP contribution in [0.3, 0.4) is 0 Å². The van der Waals surface area contributed by atoms with Crippen LogP contribution < -0.4 is 14.8 Å². The van der Waals surface area contributed by atoms with Crippen molar-refractivity contribution < 1.29 is 22.7 Å². The molecule has 0 saturated carbocycles. The quantitative estimate of drug-likeness (QED) is 0.527. The van der Waals surface area contributed by atoms with Crippen LogP contribution in [0.1, 0.15) is 29.8 Å². The Hall–Kier alpha value is -2.33. The molecule has 0 radical (unpaired) electrons. The highest BCUT2D eigenvalue weighted by Gasteiger charge is 2.28. The number of benzene rings is 2. The van der Waals surface area contributed by atoms with Gasteiger partial charge in [-0.05, 0) is 51.1 Å². The van der Waals surface area contributed by atoms with Crippen LogP contribution in [-0.4, -0.2) is 76.0 Å². The third-order valence-electron chi connectivity index (χ3n) is 5.51. The number of nitrogens with one attached hydrogen (secondary N) is 1. The Labute approximate surface area is 208 Å². The van der Waals surface area contributed by atoms with Crippen molar-refractivity contribution in [1.82, 2.24) is 14.5 Å². The summed E-state index contributed by atoms with van der Waals surface area (Å²) >= 11 is 0. The smallest absolute Gasteiger partial charge is 0.251 e. The molecule has 1 amide bonds. The lowest BCUT2D eigenvalue weighted by atomic mass is 10.2. The molecular weight excluding hydrogens is 478 g/mol. The van der Waals surface area contributed by atoms with E-state index in [2.05, 4.69) is 10.2 Å². The number of nitrogens with zero attached hydrogens (tertiary/aromatic N) is 2. The molecule has 1 heterocycles. The predicted octanol–water partition coefficient (Wildman–Crippen LogP) is 2.95. The Balaban J connectivity index is 0.00000408. The zero-order valence-electron chi connectivity index (χ0n) is 20.0. The number of carbonyl (C=O) groups is 1. The average molecular weight is 512 g/mol. The maximum Gasteiger partial charge on any atom is 0.251 e. The highest BCUT2D eigenvalue weighted by molar-refractivity contribution is 7.89. The molecule has 10 heteroatoms. The van der Waals surface area contributed by atoms with Crippen LogP contribution in [0, 0.1) is 6.92 Å². The van der Waals surface area contributed by atoms with Gasteiger partial charge >= 0.3 is 0 Å². The van der Waals surface area contributed by atoms with Crippen molar-refractivity contribution in [3.05, 3.63) is 53.6 Å². The number of rotatable bonds is 10. The first-order chi connectivity index (χ1) is 15.8. The van der Waals surface area contributed by atoms with Gasteiger partial charge in [0.25, 0.3) is 5.91 Å². The second-order valence-electron chi connectivity index (χ2n) is 7.84. The van der Waals surface area contributed by atoms with Gasteiger partial charge in [0, 0.05) is 44.8 Å². The minimum Gasteiger partial charge on any atom is -0.490 e. The fraction of sp³-hybridized carbons (Fsp3) is 0.458. The molecule has 2 aromatic carbocycles. The van der Waals surface area contributed by atoms with Crippen molar-refractivity contribution >= 4 is 28.3 Å². The molecule has 2 aromatic rings. The van der Waals surface area contributed by atoms with Gasteiger partial charge < -0.3 is 14.8 Å². The van der Waals surface area contributed by atoms with E-state index < -0.39 is 10.0 Å². The number of hydrogen-bond donors (Lipinski definition) is 1. The Morgan fingerprint density at radius 2 is 1.56 bits per heavy atom. The molecule has 1 saturated heterocycles. The monoisotopic (exact) mass is 511 g/mol. The van der Waals surface area contributed by atoms with Gasteiger partial charge in [-0.15, -0.1) is 12.4 Å². The fourth-order valence-electron chi connectivity index (χ4n) is 3.67. The predicted molar refractivity (Wildman–Crippen MR) is 135 cm³/mol. The minimum absolute atomic E-state index is 0. The summed E-state index contributed by atoms with van der Waals surface area (Å²) in [5, 5.41) is 2.93. The molecule has 3 rings (SSSR count). The molecule has 1 N–H and O–H groups in total. The minimum atomic E-state index is -3.47. The standard InChI is InChI=1S/C24H33N3O5S.ClH/c1-4-31-22-11-8-20(18-23(22)32-5-2)24(28)25-12-13-26-14-16-27(17-15-26)33(29,30)21-9-6-19(3)7-10-21;/h6-11,18H,4-5,12-17H2,1-3H3,(H,25,28);1H. The van der Waals surface area contributed by atoms with Crippen LogP contribution in [0.2, 0.25) is 0 Å². The van der Waals surface area contributed by atoms with Crippen LogP contribution in [0.15, 0.2) is 47.4 Å². The van der Waals surface area contributed by atoms with Crippen molar-refractivity contribution in [2.24, 2.45) is 0 Å². The van der Waals surface area contributed by atoms with Gasteiger partial charge in [-0.2, -0.15) is 4.31 Å². The maximum absolute atomic E-state index is 12.8. The Kier molecular flexibility index (Phi) is 10.6. The number of carbonyl (C=O) groups excluding carboxylic acids is 1. The first-order valence-corrected chi connectivity index (χ1v) is 12.8. The summed E-state index contributed by atoms with van der Waals surface area (Å²) in [6, 6.07) is 12.1. The van der Waals surface area contributed by atoms with Gasteiger partial charge in [-0.25, -0.2) is 8.42 Å². The van der Waals surface area contributed by atoms with Gasteiger partial charge in [0.1, 0.15) is 0 Å². The van der Waals surface area contributed by atoms with Crippen LogP contribution in [0.4, 0.5) is 0 Å². The number of amides is 1. The molecule has 0 aliphatic carbocycles. The van der Waals surface area contributed by atoms with E-state index >= 15 is 0 Å². The number of sulfonamides is 1. The second kappa shape index (κ2) is 12.9. The van der Waals surface area contributed by atoms with Crippen LogP contribution in [0.5, 0.6) is 11.5 Å². The molecular formula is C24H34ClN3O5S. The van der Waals surface area contributed by atoms with E-state index in [4.69, 9.17) is 9.47 Å². The van der Waals surface area contributed by atoms with Crippen molar-refractivity contribution in [2.45, 2.75) is 25.7 Å². The Bertz CT molecular complexity index is 1040. The van der Waals surface area contributed by atoms with E-state index in [-0.39, 0.29) is 18.3 Å². The molecule has 1 aliphatic heterocycles. The number of piperazine rings is 1. The summed E-state index contributed by atoms with van der Waals surface area (Å²) in [6.07, 6.45) is 0. The molecule has 0 unspecified atom stereocenters. The summed E-state index contributed by atoms with van der Waals surface area (Å²) in [4.78, 5) is 15.1. The van der Waals surface area contributed by atoms with E-state index in [1.54, 1.807) is 30.3 Å². The van der Waals surface area contributed by atoms with Gasteiger partial charge in [-0.1, -0.05) is 17.7 Å². The second-order valence-corrected chi connectivity index (χ2v) is 9.78.